The van der Waals surface area contributed by atoms with Crippen LogP contribution in [0.15, 0.2) is 40.8 Å². The van der Waals surface area contributed by atoms with Crippen LogP contribution < -0.4 is 14.2 Å². The van der Waals surface area contributed by atoms with Crippen molar-refractivity contribution in [2.75, 3.05) is 20.8 Å². The van der Waals surface area contributed by atoms with Crippen molar-refractivity contribution in [3.05, 3.63) is 57.9 Å². The molecule has 0 atom stereocenters. The van der Waals surface area contributed by atoms with E-state index in [0.717, 1.165) is 0 Å². The molecule has 2 aromatic carbocycles. The van der Waals surface area contributed by atoms with Crippen LogP contribution in [-0.2, 0) is 16.1 Å². The summed E-state index contributed by atoms with van der Waals surface area (Å²) in [6.45, 7) is 2.00. The SMILES string of the molecule is CCOC(=O)C=Cc1cc(OC)c(OCc2nnc(-c3cc(Cl)cc(Cl)c3)o2)c(OC)c1. The van der Waals surface area contributed by atoms with E-state index in [9.17, 15) is 4.79 Å². The Bertz CT molecular complexity index is 1080. The van der Waals surface area contributed by atoms with E-state index in [4.69, 9.17) is 46.6 Å². The molecule has 0 fully saturated rings. The highest BCUT2D eigenvalue weighted by Crippen LogP contribution is 2.39. The summed E-state index contributed by atoms with van der Waals surface area (Å²) < 4.78 is 27.2. The maximum atomic E-state index is 11.6. The molecular weight excluding hydrogens is 459 g/mol. The van der Waals surface area contributed by atoms with E-state index in [1.165, 1.54) is 20.3 Å². The van der Waals surface area contributed by atoms with Gasteiger partial charge in [0.15, 0.2) is 18.1 Å². The molecule has 3 aromatic rings. The largest absolute Gasteiger partial charge is 0.493 e. The minimum atomic E-state index is -0.445. The topological polar surface area (TPSA) is 92.9 Å². The molecule has 1 aromatic heterocycles. The van der Waals surface area contributed by atoms with Crippen molar-refractivity contribution in [3.8, 4) is 28.7 Å². The van der Waals surface area contributed by atoms with Gasteiger partial charge in [-0.2, -0.15) is 0 Å². The van der Waals surface area contributed by atoms with Gasteiger partial charge >= 0.3 is 5.97 Å². The van der Waals surface area contributed by atoms with Crippen molar-refractivity contribution in [1.29, 1.82) is 0 Å². The maximum Gasteiger partial charge on any atom is 0.330 e. The van der Waals surface area contributed by atoms with Crippen molar-refractivity contribution in [2.45, 2.75) is 13.5 Å². The Kier molecular flexibility index (Phi) is 7.97. The fraction of sp³-hybridized carbons (Fsp3) is 0.227. The lowest BCUT2D eigenvalue weighted by atomic mass is 10.1. The Labute approximate surface area is 194 Å². The first kappa shape index (κ1) is 23.4. The molecule has 0 bridgehead atoms. The number of carbonyl (C=O) groups excluding carboxylic acids is 1. The molecule has 168 valence electrons. The molecule has 0 saturated heterocycles. The van der Waals surface area contributed by atoms with Gasteiger partial charge in [0.2, 0.25) is 11.6 Å². The predicted molar refractivity (Wildman–Crippen MR) is 119 cm³/mol. The summed E-state index contributed by atoms with van der Waals surface area (Å²) in [7, 11) is 2.99. The Hall–Kier alpha value is -3.23. The number of esters is 1. The zero-order valence-corrected chi connectivity index (χ0v) is 19.1. The number of nitrogens with zero attached hydrogens (tertiary/aromatic N) is 2. The number of halogens is 2. The van der Waals surface area contributed by atoms with Gasteiger partial charge in [-0.3, -0.25) is 0 Å². The zero-order valence-electron chi connectivity index (χ0n) is 17.6. The molecule has 0 aliphatic heterocycles. The number of carbonyl (C=O) groups is 1. The standard InChI is InChI=1S/C22H20Cl2N2O6/c1-4-30-20(27)6-5-13-7-17(28-2)21(18(8-13)29-3)31-12-19-25-26-22(32-19)14-9-15(23)11-16(24)10-14/h5-11H,4,12H2,1-3H3. The summed E-state index contributed by atoms with van der Waals surface area (Å²) in [5, 5.41) is 8.90. The number of hydrogen-bond donors (Lipinski definition) is 0. The van der Waals surface area contributed by atoms with Gasteiger partial charge in [-0.1, -0.05) is 23.2 Å². The quantitative estimate of drug-likeness (QED) is 0.305. The Morgan fingerprint density at radius 3 is 2.28 bits per heavy atom. The van der Waals surface area contributed by atoms with Crippen molar-refractivity contribution >= 4 is 35.2 Å². The Balaban J connectivity index is 1.78. The first-order valence-electron chi connectivity index (χ1n) is 9.46. The van der Waals surface area contributed by atoms with Gasteiger partial charge in [0.05, 0.1) is 20.8 Å². The van der Waals surface area contributed by atoms with Crippen LogP contribution in [0.25, 0.3) is 17.5 Å². The van der Waals surface area contributed by atoms with E-state index in [1.807, 2.05) is 0 Å². The monoisotopic (exact) mass is 478 g/mol. The van der Waals surface area contributed by atoms with Crippen molar-refractivity contribution in [3.63, 3.8) is 0 Å². The highest BCUT2D eigenvalue weighted by atomic mass is 35.5. The van der Waals surface area contributed by atoms with Gasteiger partial charge in [0.1, 0.15) is 0 Å². The van der Waals surface area contributed by atoms with Gasteiger partial charge in [0, 0.05) is 21.7 Å². The molecule has 0 aliphatic carbocycles. The van der Waals surface area contributed by atoms with Gasteiger partial charge in [-0.15, -0.1) is 10.2 Å². The lowest BCUT2D eigenvalue weighted by Crippen LogP contribution is -2.01. The molecule has 0 saturated carbocycles. The summed E-state index contributed by atoms with van der Waals surface area (Å²) in [6, 6.07) is 8.33. The summed E-state index contributed by atoms with van der Waals surface area (Å²) in [4.78, 5) is 11.6. The molecule has 0 unspecified atom stereocenters. The predicted octanol–water partition coefficient (Wildman–Crippen LogP) is 5.22. The molecule has 0 aliphatic rings. The average Bonchev–Trinajstić information content (AvgIpc) is 3.24. The molecule has 0 amide bonds. The maximum absolute atomic E-state index is 11.6. The lowest BCUT2D eigenvalue weighted by Gasteiger charge is -2.14. The van der Waals surface area contributed by atoms with E-state index < -0.39 is 5.97 Å². The van der Waals surface area contributed by atoms with E-state index in [-0.39, 0.29) is 18.4 Å². The van der Waals surface area contributed by atoms with Gasteiger partial charge in [-0.25, -0.2) is 4.79 Å². The van der Waals surface area contributed by atoms with E-state index in [1.54, 1.807) is 43.3 Å². The number of methoxy groups -OCH3 is 2. The van der Waals surface area contributed by atoms with E-state index in [0.29, 0.717) is 45.0 Å². The number of hydrogen-bond acceptors (Lipinski definition) is 8. The third-order valence-corrected chi connectivity index (χ3v) is 4.53. The molecule has 1 heterocycles. The van der Waals surface area contributed by atoms with Crippen LogP contribution in [-0.4, -0.2) is 37.0 Å². The summed E-state index contributed by atoms with van der Waals surface area (Å²) in [5.41, 5.74) is 1.26. The van der Waals surface area contributed by atoms with E-state index >= 15 is 0 Å². The second-order valence-corrected chi connectivity index (χ2v) is 7.16. The molecule has 3 rings (SSSR count). The second-order valence-electron chi connectivity index (χ2n) is 6.29. The highest BCUT2D eigenvalue weighted by Gasteiger charge is 2.16. The molecular formula is C22H20Cl2N2O6. The Morgan fingerprint density at radius 2 is 1.69 bits per heavy atom. The van der Waals surface area contributed by atoms with Crippen LogP contribution in [0.4, 0.5) is 0 Å². The van der Waals surface area contributed by atoms with Crippen LogP contribution in [0.1, 0.15) is 18.4 Å². The van der Waals surface area contributed by atoms with Gasteiger partial charge in [-0.05, 0) is 48.9 Å². The molecule has 0 spiro atoms. The van der Waals surface area contributed by atoms with Crippen LogP contribution in [0.2, 0.25) is 10.0 Å². The number of benzene rings is 2. The number of rotatable bonds is 9. The van der Waals surface area contributed by atoms with Gasteiger partial charge < -0.3 is 23.4 Å². The minimum Gasteiger partial charge on any atom is -0.493 e. The lowest BCUT2D eigenvalue weighted by molar-refractivity contribution is -0.137. The summed E-state index contributed by atoms with van der Waals surface area (Å²) in [6.07, 6.45) is 2.91. The normalized spacial score (nSPS) is 10.9. The molecule has 0 N–H and O–H groups in total. The molecule has 8 nitrogen and oxygen atoms in total. The van der Waals surface area contributed by atoms with Crippen LogP contribution in [0, 0.1) is 0 Å². The zero-order chi connectivity index (χ0) is 23.1. The van der Waals surface area contributed by atoms with Crippen LogP contribution in [0.3, 0.4) is 0 Å². The molecule has 32 heavy (non-hydrogen) atoms. The number of aromatic nitrogens is 2. The second kappa shape index (κ2) is 10.9. The van der Waals surface area contributed by atoms with Crippen LogP contribution in [0.5, 0.6) is 17.2 Å². The van der Waals surface area contributed by atoms with Crippen LogP contribution >= 0.6 is 23.2 Å². The fourth-order valence-corrected chi connectivity index (χ4v) is 3.26. The summed E-state index contributed by atoms with van der Waals surface area (Å²) >= 11 is 12.1. The molecule has 10 heteroatoms. The number of ether oxygens (including phenoxy) is 4. The van der Waals surface area contributed by atoms with E-state index in [2.05, 4.69) is 10.2 Å². The molecule has 0 radical (unpaired) electrons. The van der Waals surface area contributed by atoms with Gasteiger partial charge in [0.25, 0.3) is 5.89 Å². The highest BCUT2D eigenvalue weighted by molar-refractivity contribution is 6.35. The first-order valence-corrected chi connectivity index (χ1v) is 10.2. The average molecular weight is 479 g/mol. The fourth-order valence-electron chi connectivity index (χ4n) is 2.73. The first-order chi connectivity index (χ1) is 15.4. The van der Waals surface area contributed by atoms with Crippen molar-refractivity contribution < 1.29 is 28.2 Å². The third kappa shape index (κ3) is 5.93. The van der Waals surface area contributed by atoms with Crippen molar-refractivity contribution in [2.24, 2.45) is 0 Å². The third-order valence-electron chi connectivity index (χ3n) is 4.10. The minimum absolute atomic E-state index is 0.0357. The smallest absolute Gasteiger partial charge is 0.330 e. The Morgan fingerprint density at radius 1 is 1.03 bits per heavy atom. The summed E-state index contributed by atoms with van der Waals surface area (Å²) in [5.74, 6) is 1.18. The van der Waals surface area contributed by atoms with Crippen molar-refractivity contribution in [1.82, 2.24) is 10.2 Å².